The molecule has 1 aliphatic rings. The van der Waals surface area contributed by atoms with E-state index in [2.05, 4.69) is 19.2 Å². The third-order valence-corrected chi connectivity index (χ3v) is 2.99. The summed E-state index contributed by atoms with van der Waals surface area (Å²) >= 11 is 0. The fourth-order valence-electron chi connectivity index (χ4n) is 1.64. The molecule has 0 aliphatic heterocycles. The molecule has 0 aromatic heterocycles. The van der Waals surface area contributed by atoms with Crippen LogP contribution in [0, 0.1) is 11.8 Å². The zero-order valence-corrected chi connectivity index (χ0v) is 7.87. The van der Waals surface area contributed by atoms with Gasteiger partial charge in [-0.15, -0.1) is 0 Å². The van der Waals surface area contributed by atoms with Gasteiger partial charge in [-0.2, -0.15) is 0 Å². The van der Waals surface area contributed by atoms with E-state index in [-0.39, 0.29) is 0 Å². The van der Waals surface area contributed by atoms with Crippen molar-refractivity contribution in [2.24, 2.45) is 11.8 Å². The van der Waals surface area contributed by atoms with E-state index >= 15 is 0 Å². The lowest BCUT2D eigenvalue weighted by Gasteiger charge is -2.42. The Bertz CT molecular complexity index is 181. The van der Waals surface area contributed by atoms with Crippen LogP contribution in [0.3, 0.4) is 0 Å². The number of carboxylic acid groups (broad SMARTS) is 1. The van der Waals surface area contributed by atoms with Gasteiger partial charge in [0.25, 0.3) is 0 Å². The molecular formula is C9H17NO2. The number of rotatable bonds is 3. The molecule has 1 rings (SSSR count). The first-order chi connectivity index (χ1) is 5.52. The second kappa shape index (κ2) is 3.44. The smallest absolute Gasteiger partial charge is 0.320 e. The van der Waals surface area contributed by atoms with Crippen LogP contribution in [0.25, 0.3) is 0 Å². The zero-order valence-electron chi connectivity index (χ0n) is 7.87. The lowest BCUT2D eigenvalue weighted by molar-refractivity contribution is -0.139. The van der Waals surface area contributed by atoms with Crippen LogP contribution >= 0.6 is 0 Å². The summed E-state index contributed by atoms with van der Waals surface area (Å²) in [6, 6.07) is -0.00366. The molecule has 3 unspecified atom stereocenters. The fraction of sp³-hybridized carbons (Fsp3) is 0.889. The third-order valence-electron chi connectivity index (χ3n) is 2.99. The maximum absolute atomic E-state index is 10.5. The second-order valence-electron chi connectivity index (χ2n) is 3.91. The number of aliphatic carboxylic acids is 1. The van der Waals surface area contributed by atoms with Crippen molar-refractivity contribution in [3.8, 4) is 0 Å². The first-order valence-electron chi connectivity index (χ1n) is 4.51. The predicted molar refractivity (Wildman–Crippen MR) is 47.0 cm³/mol. The van der Waals surface area contributed by atoms with Crippen molar-refractivity contribution in [1.29, 1.82) is 0 Å². The number of nitrogens with one attached hydrogen (secondary N) is 1. The monoisotopic (exact) mass is 171 g/mol. The van der Waals surface area contributed by atoms with E-state index in [0.717, 1.165) is 12.3 Å². The highest BCUT2D eigenvalue weighted by Gasteiger charge is 2.35. The second-order valence-corrected chi connectivity index (χ2v) is 3.91. The topological polar surface area (TPSA) is 49.3 Å². The number of carboxylic acids is 1. The number of carbonyl (C=O) groups is 1. The van der Waals surface area contributed by atoms with Crippen LogP contribution in [-0.4, -0.2) is 23.2 Å². The number of hydrogen-bond donors (Lipinski definition) is 2. The quantitative estimate of drug-likeness (QED) is 0.668. The SMILES string of the molecule is CC1CC(N[C@H](C)C(=O)O)C1C. The first-order valence-corrected chi connectivity index (χ1v) is 4.51. The third kappa shape index (κ3) is 1.78. The first kappa shape index (κ1) is 9.52. The summed E-state index contributed by atoms with van der Waals surface area (Å²) in [7, 11) is 0. The van der Waals surface area contributed by atoms with Gasteiger partial charge in [0.2, 0.25) is 0 Å². The van der Waals surface area contributed by atoms with E-state index in [1.54, 1.807) is 6.92 Å². The molecule has 0 heterocycles. The molecule has 0 aromatic carbocycles. The standard InChI is InChI=1S/C9H17NO2/c1-5-4-8(6(5)2)10-7(3)9(11)12/h5-8,10H,4H2,1-3H3,(H,11,12)/t5?,6?,7-,8?/m1/s1. The van der Waals surface area contributed by atoms with Gasteiger partial charge in [0.05, 0.1) is 0 Å². The minimum Gasteiger partial charge on any atom is -0.480 e. The molecule has 0 radical (unpaired) electrons. The summed E-state index contributed by atoms with van der Waals surface area (Å²) in [4.78, 5) is 10.5. The minimum absolute atomic E-state index is 0.408. The van der Waals surface area contributed by atoms with Gasteiger partial charge in [0.15, 0.2) is 0 Å². The molecule has 0 spiro atoms. The van der Waals surface area contributed by atoms with Crippen LogP contribution in [0.5, 0.6) is 0 Å². The lowest BCUT2D eigenvalue weighted by atomic mass is 9.71. The van der Waals surface area contributed by atoms with Crippen molar-refractivity contribution < 1.29 is 9.90 Å². The van der Waals surface area contributed by atoms with Gasteiger partial charge in [0.1, 0.15) is 6.04 Å². The van der Waals surface area contributed by atoms with Gasteiger partial charge in [-0.25, -0.2) is 0 Å². The van der Waals surface area contributed by atoms with Gasteiger partial charge in [-0.1, -0.05) is 13.8 Å². The van der Waals surface area contributed by atoms with Crippen LogP contribution in [0.2, 0.25) is 0 Å². The molecule has 0 saturated heterocycles. The van der Waals surface area contributed by atoms with Gasteiger partial charge >= 0.3 is 5.97 Å². The molecule has 4 atom stereocenters. The van der Waals surface area contributed by atoms with E-state index < -0.39 is 12.0 Å². The van der Waals surface area contributed by atoms with Crippen LogP contribution in [0.15, 0.2) is 0 Å². The van der Waals surface area contributed by atoms with Crippen LogP contribution in [0.4, 0.5) is 0 Å². The van der Waals surface area contributed by atoms with Gasteiger partial charge in [-0.3, -0.25) is 4.79 Å². The largest absolute Gasteiger partial charge is 0.480 e. The molecule has 0 aromatic rings. The van der Waals surface area contributed by atoms with Crippen molar-refractivity contribution in [2.75, 3.05) is 0 Å². The fourth-order valence-corrected chi connectivity index (χ4v) is 1.64. The molecule has 3 heteroatoms. The Morgan fingerprint density at radius 3 is 2.50 bits per heavy atom. The van der Waals surface area contributed by atoms with E-state index in [1.807, 2.05) is 0 Å². The molecule has 0 bridgehead atoms. The van der Waals surface area contributed by atoms with Crippen LogP contribution < -0.4 is 5.32 Å². The molecule has 2 N–H and O–H groups in total. The van der Waals surface area contributed by atoms with Crippen LogP contribution in [-0.2, 0) is 4.79 Å². The molecule has 1 saturated carbocycles. The van der Waals surface area contributed by atoms with Crippen molar-refractivity contribution >= 4 is 5.97 Å². The van der Waals surface area contributed by atoms with Crippen LogP contribution in [0.1, 0.15) is 27.2 Å². The predicted octanol–water partition coefficient (Wildman–Crippen LogP) is 1.09. The molecular weight excluding hydrogens is 154 g/mol. The molecule has 1 fully saturated rings. The Hall–Kier alpha value is -0.570. The van der Waals surface area contributed by atoms with E-state index in [9.17, 15) is 4.79 Å². The molecule has 3 nitrogen and oxygen atoms in total. The van der Waals surface area contributed by atoms with E-state index in [4.69, 9.17) is 5.11 Å². The summed E-state index contributed by atoms with van der Waals surface area (Å²) < 4.78 is 0. The van der Waals surface area contributed by atoms with E-state index in [0.29, 0.717) is 12.0 Å². The van der Waals surface area contributed by atoms with Gasteiger partial charge in [-0.05, 0) is 25.2 Å². The molecule has 0 amide bonds. The maximum atomic E-state index is 10.5. The summed E-state index contributed by atoms with van der Waals surface area (Å²) in [5.74, 6) is 0.594. The summed E-state index contributed by atoms with van der Waals surface area (Å²) in [5, 5.41) is 11.7. The highest BCUT2D eigenvalue weighted by molar-refractivity contribution is 5.72. The molecule has 1 aliphatic carbocycles. The van der Waals surface area contributed by atoms with Crippen molar-refractivity contribution in [1.82, 2.24) is 5.32 Å². The Morgan fingerprint density at radius 2 is 2.17 bits per heavy atom. The highest BCUT2D eigenvalue weighted by atomic mass is 16.4. The normalized spacial score (nSPS) is 37.1. The van der Waals surface area contributed by atoms with Crippen molar-refractivity contribution in [3.63, 3.8) is 0 Å². The van der Waals surface area contributed by atoms with Gasteiger partial charge < -0.3 is 10.4 Å². The summed E-state index contributed by atoms with van der Waals surface area (Å²) in [6.45, 7) is 6.06. The minimum atomic E-state index is -0.762. The summed E-state index contributed by atoms with van der Waals surface area (Å²) in [5.41, 5.74) is 0. The van der Waals surface area contributed by atoms with E-state index in [1.165, 1.54) is 0 Å². The average molecular weight is 171 g/mol. The average Bonchev–Trinajstić information content (AvgIpc) is 2.03. The Kier molecular flexibility index (Phi) is 2.73. The Morgan fingerprint density at radius 1 is 1.58 bits per heavy atom. The Balaban J connectivity index is 2.29. The molecule has 70 valence electrons. The number of hydrogen-bond acceptors (Lipinski definition) is 2. The maximum Gasteiger partial charge on any atom is 0.320 e. The van der Waals surface area contributed by atoms with Crippen molar-refractivity contribution in [3.05, 3.63) is 0 Å². The molecule has 12 heavy (non-hydrogen) atoms. The Labute approximate surface area is 73.2 Å². The zero-order chi connectivity index (χ0) is 9.30. The highest BCUT2D eigenvalue weighted by Crippen LogP contribution is 2.33. The van der Waals surface area contributed by atoms with Gasteiger partial charge in [0, 0.05) is 6.04 Å². The lowest BCUT2D eigenvalue weighted by Crippen LogP contribution is -2.52. The van der Waals surface area contributed by atoms with Crippen molar-refractivity contribution in [2.45, 2.75) is 39.3 Å². The summed E-state index contributed by atoms with van der Waals surface area (Å²) in [6.07, 6.45) is 1.11.